The molecule has 0 spiro atoms. The van der Waals surface area contributed by atoms with Crippen molar-refractivity contribution >= 4 is 39.2 Å². The molecule has 0 aliphatic carbocycles. The van der Waals surface area contributed by atoms with Gasteiger partial charge in [0.15, 0.2) is 6.04 Å². The van der Waals surface area contributed by atoms with E-state index in [2.05, 4.69) is 21.2 Å². The van der Waals surface area contributed by atoms with Crippen LogP contribution in [-0.2, 0) is 9.53 Å². The lowest BCUT2D eigenvalue weighted by Gasteiger charge is -2.18. The van der Waals surface area contributed by atoms with E-state index in [9.17, 15) is 9.18 Å². The van der Waals surface area contributed by atoms with E-state index in [1.54, 1.807) is 12.1 Å². The van der Waals surface area contributed by atoms with Crippen molar-refractivity contribution < 1.29 is 13.9 Å². The SMILES string of the molecule is COC(=O)C(Nc1ccc(Br)cc1)c1ccc(Cl)cc1F. The van der Waals surface area contributed by atoms with Crippen molar-refractivity contribution in [3.63, 3.8) is 0 Å². The molecule has 21 heavy (non-hydrogen) atoms. The van der Waals surface area contributed by atoms with Crippen molar-refractivity contribution in [2.24, 2.45) is 0 Å². The summed E-state index contributed by atoms with van der Waals surface area (Å²) >= 11 is 9.06. The van der Waals surface area contributed by atoms with E-state index in [1.807, 2.05) is 12.1 Å². The first kappa shape index (κ1) is 15.8. The predicted molar refractivity (Wildman–Crippen MR) is 83.9 cm³/mol. The fraction of sp³-hybridized carbons (Fsp3) is 0.133. The molecule has 0 saturated carbocycles. The first-order chi connectivity index (χ1) is 10.0. The van der Waals surface area contributed by atoms with E-state index in [0.717, 1.165) is 10.5 Å². The molecule has 0 radical (unpaired) electrons. The van der Waals surface area contributed by atoms with Crippen molar-refractivity contribution in [3.05, 3.63) is 63.3 Å². The first-order valence-electron chi connectivity index (χ1n) is 6.06. The summed E-state index contributed by atoms with van der Waals surface area (Å²) in [7, 11) is 1.26. The smallest absolute Gasteiger partial charge is 0.333 e. The summed E-state index contributed by atoms with van der Waals surface area (Å²) in [6, 6.07) is 10.4. The third-order valence-electron chi connectivity index (χ3n) is 2.87. The van der Waals surface area contributed by atoms with Crippen LogP contribution in [0.25, 0.3) is 0 Å². The first-order valence-corrected chi connectivity index (χ1v) is 7.23. The summed E-state index contributed by atoms with van der Waals surface area (Å²) in [6.45, 7) is 0. The number of esters is 1. The van der Waals surface area contributed by atoms with Gasteiger partial charge in [0.2, 0.25) is 0 Å². The Bertz CT molecular complexity index is 649. The Balaban J connectivity index is 2.34. The highest BCUT2D eigenvalue weighted by Gasteiger charge is 2.24. The van der Waals surface area contributed by atoms with Gasteiger partial charge in [0.25, 0.3) is 0 Å². The highest BCUT2D eigenvalue weighted by Crippen LogP contribution is 2.26. The number of halogens is 3. The van der Waals surface area contributed by atoms with E-state index in [-0.39, 0.29) is 10.6 Å². The van der Waals surface area contributed by atoms with E-state index in [1.165, 1.54) is 19.2 Å². The molecule has 0 aliphatic rings. The number of nitrogens with one attached hydrogen (secondary N) is 1. The topological polar surface area (TPSA) is 38.3 Å². The van der Waals surface area contributed by atoms with E-state index >= 15 is 0 Å². The molecule has 0 aromatic heterocycles. The Morgan fingerprint density at radius 1 is 1.29 bits per heavy atom. The molecule has 3 nitrogen and oxygen atoms in total. The molecule has 0 saturated heterocycles. The fourth-order valence-corrected chi connectivity index (χ4v) is 2.25. The average molecular weight is 373 g/mol. The summed E-state index contributed by atoms with van der Waals surface area (Å²) in [5, 5.41) is 3.22. The summed E-state index contributed by atoms with van der Waals surface area (Å²) < 4.78 is 19.7. The van der Waals surface area contributed by atoms with Gasteiger partial charge in [0.05, 0.1) is 7.11 Å². The third-order valence-corrected chi connectivity index (χ3v) is 3.63. The second-order valence-electron chi connectivity index (χ2n) is 4.27. The lowest BCUT2D eigenvalue weighted by atomic mass is 10.1. The Labute approximate surface area is 135 Å². The molecule has 110 valence electrons. The molecule has 0 aliphatic heterocycles. The van der Waals surface area contributed by atoms with Crippen molar-refractivity contribution in [2.45, 2.75) is 6.04 Å². The van der Waals surface area contributed by atoms with Crippen LogP contribution in [0, 0.1) is 5.82 Å². The summed E-state index contributed by atoms with van der Waals surface area (Å²) in [5.41, 5.74) is 0.845. The van der Waals surface area contributed by atoms with Gasteiger partial charge in [0, 0.05) is 20.7 Å². The number of carbonyl (C=O) groups is 1. The molecule has 2 rings (SSSR count). The van der Waals surface area contributed by atoms with Gasteiger partial charge in [0.1, 0.15) is 5.82 Å². The normalized spacial score (nSPS) is 11.8. The van der Waals surface area contributed by atoms with Crippen LogP contribution in [-0.4, -0.2) is 13.1 Å². The minimum Gasteiger partial charge on any atom is -0.467 e. The zero-order chi connectivity index (χ0) is 15.4. The van der Waals surface area contributed by atoms with Gasteiger partial charge in [-0.15, -0.1) is 0 Å². The monoisotopic (exact) mass is 371 g/mol. The van der Waals surface area contributed by atoms with Crippen LogP contribution in [0.1, 0.15) is 11.6 Å². The molecule has 0 bridgehead atoms. The number of anilines is 1. The van der Waals surface area contributed by atoms with Gasteiger partial charge in [-0.25, -0.2) is 9.18 Å². The standard InChI is InChI=1S/C15H12BrClFNO2/c1-21-15(20)14(12-7-4-10(17)8-13(12)18)19-11-5-2-9(16)3-6-11/h2-8,14,19H,1H3. The van der Waals surface area contributed by atoms with Crippen LogP contribution in [0.4, 0.5) is 10.1 Å². The Hall–Kier alpha value is -1.59. The van der Waals surface area contributed by atoms with Gasteiger partial charge in [-0.05, 0) is 36.4 Å². The predicted octanol–water partition coefficient (Wildman–Crippen LogP) is 4.57. The number of benzene rings is 2. The molecular weight excluding hydrogens is 361 g/mol. The van der Waals surface area contributed by atoms with Crippen LogP contribution in [0.3, 0.4) is 0 Å². The molecule has 2 aromatic rings. The van der Waals surface area contributed by atoms with Crippen LogP contribution < -0.4 is 5.32 Å². The molecule has 0 amide bonds. The molecular formula is C15H12BrClFNO2. The molecule has 1 atom stereocenters. The fourth-order valence-electron chi connectivity index (χ4n) is 1.83. The number of hydrogen-bond acceptors (Lipinski definition) is 3. The summed E-state index contributed by atoms with van der Waals surface area (Å²) in [4.78, 5) is 11.9. The number of hydrogen-bond donors (Lipinski definition) is 1. The zero-order valence-corrected chi connectivity index (χ0v) is 13.4. The maximum absolute atomic E-state index is 14.0. The average Bonchev–Trinajstić information content (AvgIpc) is 2.47. The van der Waals surface area contributed by atoms with E-state index < -0.39 is 17.8 Å². The minimum atomic E-state index is -0.951. The number of rotatable bonds is 4. The molecule has 0 fully saturated rings. The maximum Gasteiger partial charge on any atom is 0.333 e. The van der Waals surface area contributed by atoms with Crippen LogP contribution in [0.15, 0.2) is 46.9 Å². The van der Waals surface area contributed by atoms with Gasteiger partial charge in [-0.2, -0.15) is 0 Å². The van der Waals surface area contributed by atoms with Gasteiger partial charge in [-0.1, -0.05) is 33.6 Å². The summed E-state index contributed by atoms with van der Waals surface area (Å²) in [5.74, 6) is -1.15. The van der Waals surface area contributed by atoms with Gasteiger partial charge in [-0.3, -0.25) is 0 Å². The molecule has 2 aromatic carbocycles. The maximum atomic E-state index is 14.0. The third kappa shape index (κ3) is 3.95. The van der Waals surface area contributed by atoms with E-state index in [0.29, 0.717) is 5.69 Å². The number of carbonyl (C=O) groups excluding carboxylic acids is 1. The van der Waals surface area contributed by atoms with Crippen LogP contribution >= 0.6 is 27.5 Å². The molecule has 1 unspecified atom stereocenters. The van der Waals surface area contributed by atoms with E-state index in [4.69, 9.17) is 16.3 Å². The highest BCUT2D eigenvalue weighted by atomic mass is 79.9. The lowest BCUT2D eigenvalue weighted by molar-refractivity contribution is -0.141. The minimum absolute atomic E-state index is 0.175. The van der Waals surface area contributed by atoms with Crippen molar-refractivity contribution in [1.29, 1.82) is 0 Å². The Morgan fingerprint density at radius 3 is 2.52 bits per heavy atom. The van der Waals surface area contributed by atoms with Crippen LogP contribution in [0.5, 0.6) is 0 Å². The summed E-state index contributed by atoms with van der Waals surface area (Å²) in [6.07, 6.45) is 0. The van der Waals surface area contributed by atoms with Crippen LogP contribution in [0.2, 0.25) is 5.02 Å². The lowest BCUT2D eigenvalue weighted by Crippen LogP contribution is -2.23. The second kappa shape index (κ2) is 6.91. The molecule has 0 heterocycles. The van der Waals surface area contributed by atoms with Crippen molar-refractivity contribution in [1.82, 2.24) is 0 Å². The van der Waals surface area contributed by atoms with Crippen molar-refractivity contribution in [2.75, 3.05) is 12.4 Å². The quantitative estimate of drug-likeness (QED) is 0.799. The molecule has 1 N–H and O–H groups in total. The zero-order valence-electron chi connectivity index (χ0n) is 11.1. The van der Waals surface area contributed by atoms with Gasteiger partial charge >= 0.3 is 5.97 Å². The Morgan fingerprint density at radius 2 is 1.95 bits per heavy atom. The Kier molecular flexibility index (Phi) is 5.20. The van der Waals surface area contributed by atoms with Crippen molar-refractivity contribution in [3.8, 4) is 0 Å². The second-order valence-corrected chi connectivity index (χ2v) is 5.63. The molecule has 6 heteroatoms. The highest BCUT2D eigenvalue weighted by molar-refractivity contribution is 9.10. The number of methoxy groups -OCH3 is 1. The largest absolute Gasteiger partial charge is 0.467 e. The van der Waals surface area contributed by atoms with Gasteiger partial charge < -0.3 is 10.1 Å². The number of ether oxygens (including phenoxy) is 1.